The summed E-state index contributed by atoms with van der Waals surface area (Å²) in [7, 11) is 5.94. The molecule has 0 aliphatic carbocycles. The van der Waals surface area contributed by atoms with Crippen LogP contribution in [0.5, 0.6) is 17.2 Å². The number of esters is 1. The van der Waals surface area contributed by atoms with E-state index in [1.54, 1.807) is 46.5 Å². The van der Waals surface area contributed by atoms with Gasteiger partial charge >= 0.3 is 5.97 Å². The first-order valence-corrected chi connectivity index (χ1v) is 11.2. The molecule has 1 aliphatic heterocycles. The van der Waals surface area contributed by atoms with Crippen molar-refractivity contribution < 1.29 is 23.7 Å². The van der Waals surface area contributed by atoms with E-state index in [2.05, 4.69) is 4.99 Å². The molecule has 1 aliphatic rings. The maximum Gasteiger partial charge on any atom is 0.338 e. The Kier molecular flexibility index (Phi) is 6.56. The van der Waals surface area contributed by atoms with Gasteiger partial charge in [0.15, 0.2) is 16.3 Å². The van der Waals surface area contributed by atoms with Crippen molar-refractivity contribution in [3.05, 3.63) is 84.5 Å². The van der Waals surface area contributed by atoms with Gasteiger partial charge in [-0.1, -0.05) is 41.7 Å². The highest BCUT2D eigenvalue weighted by Crippen LogP contribution is 2.35. The molecule has 0 amide bonds. The number of ether oxygens (including phenoxy) is 4. The van der Waals surface area contributed by atoms with Crippen LogP contribution in [0.25, 0.3) is 6.08 Å². The molecular weight excluding hydrogens is 456 g/mol. The fourth-order valence-corrected chi connectivity index (χ4v) is 4.99. The number of benzene rings is 2. The third-order valence-electron chi connectivity index (χ3n) is 5.56. The summed E-state index contributed by atoms with van der Waals surface area (Å²) in [6, 6.07) is 12.2. The van der Waals surface area contributed by atoms with Crippen molar-refractivity contribution in [1.29, 1.82) is 0 Å². The van der Waals surface area contributed by atoms with Crippen LogP contribution in [0.15, 0.2) is 63.5 Å². The third-order valence-corrected chi connectivity index (χ3v) is 6.55. The molecule has 176 valence electrons. The van der Waals surface area contributed by atoms with Gasteiger partial charge in [0.1, 0.15) is 5.75 Å². The van der Waals surface area contributed by atoms with E-state index >= 15 is 0 Å². The van der Waals surface area contributed by atoms with Gasteiger partial charge in [-0.25, -0.2) is 9.79 Å². The van der Waals surface area contributed by atoms with Crippen molar-refractivity contribution in [2.75, 3.05) is 28.4 Å². The van der Waals surface area contributed by atoms with E-state index in [4.69, 9.17) is 18.9 Å². The molecule has 4 rings (SSSR count). The number of hydrogen-bond acceptors (Lipinski definition) is 8. The van der Waals surface area contributed by atoms with Crippen LogP contribution in [-0.4, -0.2) is 39.0 Å². The lowest BCUT2D eigenvalue weighted by molar-refractivity contribution is -0.136. The normalized spacial score (nSPS) is 15.4. The molecule has 0 N–H and O–H groups in total. The summed E-state index contributed by atoms with van der Waals surface area (Å²) in [5.74, 6) is 1.02. The highest BCUT2D eigenvalue weighted by Gasteiger charge is 2.32. The van der Waals surface area contributed by atoms with Crippen LogP contribution < -0.4 is 29.1 Å². The second-order valence-electron chi connectivity index (χ2n) is 7.43. The van der Waals surface area contributed by atoms with Gasteiger partial charge in [-0.15, -0.1) is 0 Å². The first-order chi connectivity index (χ1) is 16.4. The van der Waals surface area contributed by atoms with Gasteiger partial charge in [-0.2, -0.15) is 0 Å². The van der Waals surface area contributed by atoms with Crippen molar-refractivity contribution in [3.8, 4) is 17.2 Å². The Labute approximate surface area is 200 Å². The lowest BCUT2D eigenvalue weighted by Gasteiger charge is -2.24. The topological polar surface area (TPSA) is 88.4 Å². The Bertz CT molecular complexity index is 1450. The average molecular weight is 481 g/mol. The van der Waals surface area contributed by atoms with E-state index in [9.17, 15) is 9.59 Å². The van der Waals surface area contributed by atoms with Crippen LogP contribution in [0.3, 0.4) is 0 Å². The SMILES string of the molecule is COC(=O)C1=C(C)N=c2sc(=Cc3cc(OC)c(OC)cc3OC)c(=O)n2C1c1ccccc1. The number of nitrogens with zero attached hydrogens (tertiary/aromatic N) is 2. The van der Waals surface area contributed by atoms with Crippen molar-refractivity contribution in [2.45, 2.75) is 13.0 Å². The summed E-state index contributed by atoms with van der Waals surface area (Å²) in [4.78, 5) is 31.4. The largest absolute Gasteiger partial charge is 0.496 e. The van der Waals surface area contributed by atoms with Gasteiger partial charge in [0, 0.05) is 11.6 Å². The molecule has 2 heterocycles. The zero-order valence-electron chi connectivity index (χ0n) is 19.4. The summed E-state index contributed by atoms with van der Waals surface area (Å²) < 4.78 is 23.3. The fourth-order valence-electron chi connectivity index (χ4n) is 3.95. The number of rotatable bonds is 6. The van der Waals surface area contributed by atoms with Gasteiger partial charge in [-0.05, 0) is 24.6 Å². The quantitative estimate of drug-likeness (QED) is 0.504. The molecule has 1 aromatic heterocycles. The number of carbonyl (C=O) groups excluding carboxylic acids is 1. The Morgan fingerprint density at radius 2 is 1.65 bits per heavy atom. The predicted octanol–water partition coefficient (Wildman–Crippen LogP) is 2.43. The Morgan fingerprint density at radius 3 is 2.26 bits per heavy atom. The number of fused-ring (bicyclic) bond motifs is 1. The smallest absolute Gasteiger partial charge is 0.338 e. The van der Waals surface area contributed by atoms with Gasteiger partial charge in [0.05, 0.1) is 50.3 Å². The van der Waals surface area contributed by atoms with Crippen molar-refractivity contribution in [3.63, 3.8) is 0 Å². The highest BCUT2D eigenvalue weighted by molar-refractivity contribution is 7.07. The molecule has 8 nitrogen and oxygen atoms in total. The van der Waals surface area contributed by atoms with Gasteiger partial charge in [0.25, 0.3) is 5.56 Å². The number of carbonyl (C=O) groups is 1. The number of hydrogen-bond donors (Lipinski definition) is 0. The fraction of sp³-hybridized carbons (Fsp3) is 0.240. The molecular formula is C25H24N2O6S. The van der Waals surface area contributed by atoms with Crippen molar-refractivity contribution in [1.82, 2.24) is 4.57 Å². The second kappa shape index (κ2) is 9.56. The van der Waals surface area contributed by atoms with E-state index < -0.39 is 12.0 Å². The van der Waals surface area contributed by atoms with E-state index in [-0.39, 0.29) is 5.56 Å². The minimum absolute atomic E-state index is 0.275. The Balaban J connectivity index is 1.97. The van der Waals surface area contributed by atoms with Crippen LogP contribution in [-0.2, 0) is 9.53 Å². The second-order valence-corrected chi connectivity index (χ2v) is 8.44. The zero-order chi connectivity index (χ0) is 24.4. The van der Waals surface area contributed by atoms with Crippen molar-refractivity contribution >= 4 is 23.4 Å². The molecule has 9 heteroatoms. The van der Waals surface area contributed by atoms with Crippen LogP contribution in [0.4, 0.5) is 0 Å². The summed E-state index contributed by atoms with van der Waals surface area (Å²) in [5.41, 5.74) is 2.00. The average Bonchev–Trinajstić information content (AvgIpc) is 3.17. The highest BCUT2D eigenvalue weighted by atomic mass is 32.1. The van der Waals surface area contributed by atoms with Crippen LogP contribution in [0.2, 0.25) is 0 Å². The Morgan fingerprint density at radius 1 is 1.00 bits per heavy atom. The lowest BCUT2D eigenvalue weighted by Crippen LogP contribution is -2.39. The first-order valence-electron chi connectivity index (χ1n) is 10.4. The molecule has 3 aromatic rings. The lowest BCUT2D eigenvalue weighted by atomic mass is 9.96. The van der Waals surface area contributed by atoms with Crippen LogP contribution >= 0.6 is 11.3 Å². The van der Waals surface area contributed by atoms with E-state index in [0.717, 1.165) is 5.56 Å². The van der Waals surface area contributed by atoms with E-state index in [1.807, 2.05) is 30.3 Å². The first kappa shape index (κ1) is 23.3. The summed E-state index contributed by atoms with van der Waals surface area (Å²) >= 11 is 1.24. The summed E-state index contributed by atoms with van der Waals surface area (Å²) in [6.07, 6.45) is 1.73. The molecule has 1 unspecified atom stereocenters. The molecule has 2 aromatic carbocycles. The molecule has 0 fully saturated rings. The third kappa shape index (κ3) is 3.99. The number of aromatic nitrogens is 1. The molecule has 0 saturated carbocycles. The zero-order valence-corrected chi connectivity index (χ0v) is 20.3. The maximum atomic E-state index is 13.7. The van der Waals surface area contributed by atoms with Gasteiger partial charge in [-0.3, -0.25) is 9.36 Å². The minimum atomic E-state index is -0.653. The van der Waals surface area contributed by atoms with Gasteiger partial charge < -0.3 is 18.9 Å². The molecule has 34 heavy (non-hydrogen) atoms. The molecule has 0 saturated heterocycles. The minimum Gasteiger partial charge on any atom is -0.496 e. The molecule has 0 bridgehead atoms. The van der Waals surface area contributed by atoms with Crippen LogP contribution in [0, 0.1) is 0 Å². The molecule has 1 atom stereocenters. The molecule has 0 radical (unpaired) electrons. The number of allylic oxidation sites excluding steroid dienone is 1. The standard InChI is InChI=1S/C25H24N2O6S/c1-14-21(24(29)33-5)22(15-9-7-6-8-10-15)27-23(28)20(34-25(27)26-14)12-16-11-18(31-3)19(32-4)13-17(16)30-2/h6-13,22H,1-5H3. The predicted molar refractivity (Wildman–Crippen MR) is 128 cm³/mol. The summed E-state index contributed by atoms with van der Waals surface area (Å²) in [5, 5.41) is 0. The molecule has 0 spiro atoms. The van der Waals surface area contributed by atoms with Crippen molar-refractivity contribution in [2.24, 2.45) is 4.99 Å². The monoisotopic (exact) mass is 480 g/mol. The van der Waals surface area contributed by atoms with Gasteiger partial charge in [0.2, 0.25) is 0 Å². The van der Waals surface area contributed by atoms with E-state index in [1.165, 1.54) is 23.0 Å². The number of thiazole rings is 1. The number of methoxy groups -OCH3 is 4. The Hall–Kier alpha value is -3.85. The van der Waals surface area contributed by atoms with Crippen LogP contribution in [0.1, 0.15) is 24.1 Å². The maximum absolute atomic E-state index is 13.7. The summed E-state index contributed by atoms with van der Waals surface area (Å²) in [6.45, 7) is 1.75. The van der Waals surface area contributed by atoms with E-state index in [0.29, 0.717) is 43.4 Å².